The number of carbonyl (C=O) groups is 1. The van der Waals surface area contributed by atoms with Crippen LogP contribution in [0.25, 0.3) is 10.8 Å². The quantitative estimate of drug-likeness (QED) is 0.339. The molecule has 0 aliphatic rings. The van der Waals surface area contributed by atoms with Gasteiger partial charge < -0.3 is 19.3 Å². The van der Waals surface area contributed by atoms with Crippen molar-refractivity contribution in [2.24, 2.45) is 0 Å². The minimum absolute atomic E-state index is 0.0304. The van der Waals surface area contributed by atoms with Gasteiger partial charge in [0.1, 0.15) is 23.9 Å². The lowest BCUT2D eigenvalue weighted by atomic mass is 10.0. The third-order valence-electron chi connectivity index (χ3n) is 5.58. The molecular formula is C26H24F2N2O4. The van der Waals surface area contributed by atoms with Gasteiger partial charge in [-0.1, -0.05) is 41.6 Å². The van der Waals surface area contributed by atoms with Crippen molar-refractivity contribution in [2.75, 3.05) is 0 Å². The first kappa shape index (κ1) is 23.2. The average Bonchev–Trinajstić information content (AvgIpc) is 3.13. The largest absolute Gasteiger partial charge is 0.488 e. The van der Waals surface area contributed by atoms with Crippen LogP contribution >= 0.6 is 0 Å². The molecule has 0 aliphatic heterocycles. The van der Waals surface area contributed by atoms with Gasteiger partial charge in [0.25, 0.3) is 5.91 Å². The predicted octanol–water partition coefficient (Wildman–Crippen LogP) is 6.12. The molecule has 0 saturated heterocycles. The highest BCUT2D eigenvalue weighted by atomic mass is 19.3. The molecule has 1 heterocycles. The van der Waals surface area contributed by atoms with Gasteiger partial charge in [0.05, 0.1) is 22.9 Å². The zero-order valence-electron chi connectivity index (χ0n) is 19.0. The maximum absolute atomic E-state index is 13.3. The lowest BCUT2D eigenvalue weighted by Crippen LogP contribution is -2.27. The van der Waals surface area contributed by atoms with E-state index in [9.17, 15) is 13.6 Å². The standard InChI is InChI=1S/C26H24F2N2O4/c1-15(18-9-6-10-21(11-18)33-26(27)28)29-25(31)22-12-19-7-4-5-8-20(19)13-24(22)32-14-23-16(2)30-34-17(23)3/h4-13,15,26H,14H2,1-3H3,(H,29,31). The van der Waals surface area contributed by atoms with Gasteiger partial charge in [-0.25, -0.2) is 0 Å². The number of nitrogens with zero attached hydrogens (tertiary/aromatic N) is 1. The van der Waals surface area contributed by atoms with Crippen LogP contribution in [-0.2, 0) is 6.61 Å². The number of fused-ring (bicyclic) bond motifs is 1. The van der Waals surface area contributed by atoms with Gasteiger partial charge in [-0.3, -0.25) is 4.79 Å². The molecule has 4 rings (SSSR count). The van der Waals surface area contributed by atoms with Crippen molar-refractivity contribution >= 4 is 16.7 Å². The summed E-state index contributed by atoms with van der Waals surface area (Å²) in [7, 11) is 0. The first-order valence-corrected chi connectivity index (χ1v) is 10.7. The Kier molecular flexibility index (Phi) is 6.77. The van der Waals surface area contributed by atoms with E-state index in [-0.39, 0.29) is 18.3 Å². The molecule has 0 radical (unpaired) electrons. The summed E-state index contributed by atoms with van der Waals surface area (Å²) in [6, 6.07) is 17.1. The summed E-state index contributed by atoms with van der Waals surface area (Å²) in [5.74, 6) is 0.747. The van der Waals surface area contributed by atoms with E-state index in [0.29, 0.717) is 22.6 Å². The molecule has 3 aromatic carbocycles. The van der Waals surface area contributed by atoms with Crippen LogP contribution in [-0.4, -0.2) is 17.7 Å². The molecule has 1 N–H and O–H groups in total. The highest BCUT2D eigenvalue weighted by molar-refractivity contribution is 6.01. The average molecular weight is 466 g/mol. The summed E-state index contributed by atoms with van der Waals surface area (Å²) in [6.45, 7) is 2.68. The monoisotopic (exact) mass is 466 g/mol. The number of alkyl halides is 2. The van der Waals surface area contributed by atoms with E-state index in [4.69, 9.17) is 9.26 Å². The number of aryl methyl sites for hydroxylation is 2. The fraction of sp³-hybridized carbons (Fsp3) is 0.231. The van der Waals surface area contributed by atoms with Crippen molar-refractivity contribution in [2.45, 2.75) is 40.0 Å². The predicted molar refractivity (Wildman–Crippen MR) is 123 cm³/mol. The van der Waals surface area contributed by atoms with Gasteiger partial charge in [0.2, 0.25) is 0 Å². The summed E-state index contributed by atoms with van der Waals surface area (Å²) < 4.78 is 40.9. The Morgan fingerprint density at radius 3 is 2.47 bits per heavy atom. The molecule has 1 amide bonds. The topological polar surface area (TPSA) is 73.6 Å². The number of hydrogen-bond acceptors (Lipinski definition) is 5. The molecule has 8 heteroatoms. The van der Waals surface area contributed by atoms with E-state index in [2.05, 4.69) is 15.2 Å². The number of nitrogens with one attached hydrogen (secondary N) is 1. The highest BCUT2D eigenvalue weighted by Crippen LogP contribution is 2.29. The molecule has 34 heavy (non-hydrogen) atoms. The fourth-order valence-corrected chi connectivity index (χ4v) is 3.69. The fourth-order valence-electron chi connectivity index (χ4n) is 3.69. The molecule has 0 fully saturated rings. The third-order valence-corrected chi connectivity index (χ3v) is 5.58. The number of hydrogen-bond donors (Lipinski definition) is 1. The first-order valence-electron chi connectivity index (χ1n) is 10.7. The molecule has 176 valence electrons. The normalized spacial score (nSPS) is 12.1. The van der Waals surface area contributed by atoms with Gasteiger partial charge in [0.15, 0.2) is 0 Å². The molecule has 0 aliphatic carbocycles. The van der Waals surface area contributed by atoms with Crippen LogP contribution in [0.2, 0.25) is 0 Å². The zero-order chi connectivity index (χ0) is 24.2. The number of halogens is 2. The van der Waals surface area contributed by atoms with E-state index in [1.54, 1.807) is 32.0 Å². The Morgan fingerprint density at radius 1 is 1.06 bits per heavy atom. The van der Waals surface area contributed by atoms with E-state index >= 15 is 0 Å². The maximum atomic E-state index is 13.3. The number of aromatic nitrogens is 1. The maximum Gasteiger partial charge on any atom is 0.387 e. The zero-order valence-corrected chi connectivity index (χ0v) is 19.0. The van der Waals surface area contributed by atoms with Gasteiger partial charge in [-0.15, -0.1) is 0 Å². The van der Waals surface area contributed by atoms with Crippen LogP contribution in [0.1, 0.15) is 45.9 Å². The van der Waals surface area contributed by atoms with E-state index in [1.807, 2.05) is 37.3 Å². The summed E-state index contributed by atoms with van der Waals surface area (Å²) in [6.07, 6.45) is 0. The highest BCUT2D eigenvalue weighted by Gasteiger charge is 2.19. The van der Waals surface area contributed by atoms with Crippen LogP contribution < -0.4 is 14.8 Å². The van der Waals surface area contributed by atoms with Gasteiger partial charge in [0, 0.05) is 0 Å². The number of rotatable bonds is 8. The van der Waals surface area contributed by atoms with Crippen LogP contribution in [0.5, 0.6) is 11.5 Å². The Balaban J connectivity index is 1.60. The molecule has 0 saturated carbocycles. The van der Waals surface area contributed by atoms with Crippen LogP contribution in [0, 0.1) is 13.8 Å². The Morgan fingerprint density at radius 2 is 1.79 bits per heavy atom. The summed E-state index contributed by atoms with van der Waals surface area (Å²) in [4.78, 5) is 13.3. The van der Waals surface area contributed by atoms with Crippen LogP contribution in [0.15, 0.2) is 65.2 Å². The van der Waals surface area contributed by atoms with Crippen LogP contribution in [0.3, 0.4) is 0 Å². The molecule has 6 nitrogen and oxygen atoms in total. The van der Waals surface area contributed by atoms with Crippen molar-refractivity contribution in [3.8, 4) is 11.5 Å². The summed E-state index contributed by atoms with van der Waals surface area (Å²) in [5.41, 5.74) is 2.54. The minimum atomic E-state index is -2.92. The summed E-state index contributed by atoms with van der Waals surface area (Å²) in [5, 5.41) is 8.68. The smallest absolute Gasteiger partial charge is 0.387 e. The molecule has 0 spiro atoms. The number of amides is 1. The second kappa shape index (κ2) is 9.91. The minimum Gasteiger partial charge on any atom is -0.488 e. The van der Waals surface area contributed by atoms with Crippen molar-refractivity contribution in [1.29, 1.82) is 0 Å². The van der Waals surface area contributed by atoms with Gasteiger partial charge in [-0.05, 0) is 61.4 Å². The van der Waals surface area contributed by atoms with Gasteiger partial charge in [-0.2, -0.15) is 8.78 Å². The van der Waals surface area contributed by atoms with E-state index in [0.717, 1.165) is 22.0 Å². The van der Waals surface area contributed by atoms with Crippen molar-refractivity contribution in [1.82, 2.24) is 10.5 Å². The molecule has 1 atom stereocenters. The first-order chi connectivity index (χ1) is 16.3. The molecule has 0 bridgehead atoms. The number of carbonyl (C=O) groups excluding carboxylic acids is 1. The molecule has 1 aromatic heterocycles. The Labute approximate surface area is 195 Å². The molecule has 1 unspecified atom stereocenters. The number of benzene rings is 3. The lowest BCUT2D eigenvalue weighted by molar-refractivity contribution is -0.0499. The second-order valence-corrected chi connectivity index (χ2v) is 7.93. The Bertz CT molecular complexity index is 1300. The van der Waals surface area contributed by atoms with E-state index < -0.39 is 12.7 Å². The van der Waals surface area contributed by atoms with Crippen molar-refractivity contribution < 1.29 is 27.6 Å². The third kappa shape index (κ3) is 5.17. The SMILES string of the molecule is Cc1noc(C)c1COc1cc2ccccc2cc1C(=O)NC(C)c1cccc(OC(F)F)c1. The molecule has 4 aromatic rings. The van der Waals surface area contributed by atoms with Crippen molar-refractivity contribution in [3.63, 3.8) is 0 Å². The lowest BCUT2D eigenvalue weighted by Gasteiger charge is -2.18. The number of ether oxygens (including phenoxy) is 2. The molecular weight excluding hydrogens is 442 g/mol. The van der Waals surface area contributed by atoms with Crippen molar-refractivity contribution in [3.05, 3.63) is 88.8 Å². The van der Waals surface area contributed by atoms with Gasteiger partial charge >= 0.3 is 6.61 Å². The Hall–Kier alpha value is -3.94. The van der Waals surface area contributed by atoms with E-state index in [1.165, 1.54) is 12.1 Å². The van der Waals surface area contributed by atoms with Crippen LogP contribution in [0.4, 0.5) is 8.78 Å². The second-order valence-electron chi connectivity index (χ2n) is 7.93. The summed E-state index contributed by atoms with van der Waals surface area (Å²) >= 11 is 0.